The van der Waals surface area contributed by atoms with Crippen molar-refractivity contribution < 1.29 is 0 Å². The Hall–Kier alpha value is -0.670. The van der Waals surface area contributed by atoms with Crippen LogP contribution >= 0.6 is 11.8 Å². The van der Waals surface area contributed by atoms with Crippen LogP contribution in [0.3, 0.4) is 0 Å². The van der Waals surface area contributed by atoms with Gasteiger partial charge in [-0.1, -0.05) is 18.2 Å². The first kappa shape index (κ1) is 12.8. The Morgan fingerprint density at radius 1 is 1.35 bits per heavy atom. The SMILES string of the molecule is CN(C)Cc1ccccc1NCC1CCSC1. The summed E-state index contributed by atoms with van der Waals surface area (Å²) in [7, 11) is 4.23. The zero-order chi connectivity index (χ0) is 12.1. The van der Waals surface area contributed by atoms with E-state index in [1.165, 1.54) is 29.2 Å². The number of nitrogens with zero attached hydrogens (tertiary/aromatic N) is 1. The van der Waals surface area contributed by atoms with E-state index in [-0.39, 0.29) is 0 Å². The molecule has 1 N–H and O–H groups in total. The van der Waals surface area contributed by atoms with E-state index in [2.05, 4.69) is 60.3 Å². The third-order valence-corrected chi connectivity index (χ3v) is 4.34. The molecule has 0 saturated carbocycles. The van der Waals surface area contributed by atoms with Crippen molar-refractivity contribution in [3.8, 4) is 0 Å². The van der Waals surface area contributed by atoms with Gasteiger partial charge in [-0.3, -0.25) is 0 Å². The van der Waals surface area contributed by atoms with Crippen LogP contribution in [0.4, 0.5) is 5.69 Å². The molecule has 0 spiro atoms. The third kappa shape index (κ3) is 3.93. The zero-order valence-corrected chi connectivity index (χ0v) is 11.6. The van der Waals surface area contributed by atoms with Crippen LogP contribution in [0.2, 0.25) is 0 Å². The van der Waals surface area contributed by atoms with Gasteiger partial charge in [-0.2, -0.15) is 11.8 Å². The monoisotopic (exact) mass is 250 g/mol. The molecule has 94 valence electrons. The number of benzene rings is 1. The van der Waals surface area contributed by atoms with Gasteiger partial charge in [0.25, 0.3) is 0 Å². The lowest BCUT2D eigenvalue weighted by Gasteiger charge is -2.17. The summed E-state index contributed by atoms with van der Waals surface area (Å²) in [5.41, 5.74) is 2.70. The Morgan fingerprint density at radius 2 is 2.18 bits per heavy atom. The summed E-state index contributed by atoms with van der Waals surface area (Å²) in [6, 6.07) is 8.65. The topological polar surface area (TPSA) is 15.3 Å². The number of nitrogens with one attached hydrogen (secondary N) is 1. The van der Waals surface area contributed by atoms with E-state index in [0.717, 1.165) is 19.0 Å². The fourth-order valence-electron chi connectivity index (χ4n) is 2.17. The fraction of sp³-hybridized carbons (Fsp3) is 0.571. The highest BCUT2D eigenvalue weighted by atomic mass is 32.2. The maximum absolute atomic E-state index is 3.62. The molecule has 2 nitrogen and oxygen atoms in total. The van der Waals surface area contributed by atoms with Crippen LogP contribution in [0.5, 0.6) is 0 Å². The van der Waals surface area contributed by atoms with Gasteiger partial charge in [-0.05, 0) is 49.6 Å². The van der Waals surface area contributed by atoms with Gasteiger partial charge in [-0.25, -0.2) is 0 Å². The van der Waals surface area contributed by atoms with Crippen molar-refractivity contribution in [1.29, 1.82) is 0 Å². The average molecular weight is 250 g/mol. The lowest BCUT2D eigenvalue weighted by molar-refractivity contribution is 0.403. The van der Waals surface area contributed by atoms with Gasteiger partial charge >= 0.3 is 0 Å². The summed E-state index contributed by atoms with van der Waals surface area (Å²) in [5.74, 6) is 3.52. The molecule has 1 aromatic rings. The second-order valence-corrected chi connectivity index (χ2v) is 6.16. The molecule has 0 aliphatic carbocycles. The Bertz CT molecular complexity index is 346. The smallest absolute Gasteiger partial charge is 0.0385 e. The van der Waals surface area contributed by atoms with E-state index in [0.29, 0.717) is 0 Å². The number of anilines is 1. The third-order valence-electron chi connectivity index (χ3n) is 3.11. The zero-order valence-electron chi connectivity index (χ0n) is 10.8. The minimum Gasteiger partial charge on any atom is -0.384 e. The summed E-state index contributed by atoms with van der Waals surface area (Å²) < 4.78 is 0. The van der Waals surface area contributed by atoms with Crippen molar-refractivity contribution in [3.63, 3.8) is 0 Å². The van der Waals surface area contributed by atoms with E-state index >= 15 is 0 Å². The van der Waals surface area contributed by atoms with Crippen molar-refractivity contribution >= 4 is 17.4 Å². The first-order valence-electron chi connectivity index (χ1n) is 6.30. The first-order chi connectivity index (χ1) is 8.25. The van der Waals surface area contributed by atoms with E-state index in [4.69, 9.17) is 0 Å². The average Bonchev–Trinajstić information content (AvgIpc) is 2.80. The minimum absolute atomic E-state index is 0.854. The van der Waals surface area contributed by atoms with Gasteiger partial charge in [0, 0.05) is 18.8 Å². The van der Waals surface area contributed by atoms with Gasteiger partial charge in [0.15, 0.2) is 0 Å². The van der Waals surface area contributed by atoms with E-state index in [9.17, 15) is 0 Å². The van der Waals surface area contributed by atoms with Crippen molar-refractivity contribution in [1.82, 2.24) is 4.90 Å². The second kappa shape index (κ2) is 6.31. The molecule has 0 bridgehead atoms. The lowest BCUT2D eigenvalue weighted by atomic mass is 10.1. The molecule has 1 unspecified atom stereocenters. The molecule has 0 amide bonds. The molecule has 1 atom stereocenters. The molecule has 17 heavy (non-hydrogen) atoms. The summed E-state index contributed by atoms with van der Waals surface area (Å²) in [5, 5.41) is 3.62. The van der Waals surface area contributed by atoms with E-state index < -0.39 is 0 Å². The molecule has 0 aromatic heterocycles. The number of hydrogen-bond donors (Lipinski definition) is 1. The summed E-state index contributed by atoms with van der Waals surface area (Å²) in [4.78, 5) is 2.21. The molecule has 1 fully saturated rings. The van der Waals surface area contributed by atoms with Crippen LogP contribution in [0, 0.1) is 5.92 Å². The number of thioether (sulfide) groups is 1. The molecule has 1 aliphatic rings. The van der Waals surface area contributed by atoms with Crippen molar-refractivity contribution in [3.05, 3.63) is 29.8 Å². The Balaban J connectivity index is 1.94. The predicted molar refractivity (Wildman–Crippen MR) is 77.8 cm³/mol. The molecule has 1 heterocycles. The van der Waals surface area contributed by atoms with Crippen LogP contribution < -0.4 is 5.32 Å². The molecule has 2 rings (SSSR count). The summed E-state index contributed by atoms with van der Waals surface area (Å²) >= 11 is 2.08. The largest absolute Gasteiger partial charge is 0.384 e. The standard InChI is InChI=1S/C14H22N2S/c1-16(2)10-13-5-3-4-6-14(13)15-9-12-7-8-17-11-12/h3-6,12,15H,7-11H2,1-2H3. The molecular formula is C14H22N2S. The van der Waals surface area contributed by atoms with Crippen LogP contribution in [0.15, 0.2) is 24.3 Å². The first-order valence-corrected chi connectivity index (χ1v) is 7.45. The summed E-state index contributed by atoms with van der Waals surface area (Å²) in [6.45, 7) is 2.13. The lowest BCUT2D eigenvalue weighted by Crippen LogP contribution is -2.16. The highest BCUT2D eigenvalue weighted by Crippen LogP contribution is 2.24. The van der Waals surface area contributed by atoms with Gasteiger partial charge in [-0.15, -0.1) is 0 Å². The Kier molecular flexibility index (Phi) is 4.75. The molecule has 1 saturated heterocycles. The van der Waals surface area contributed by atoms with Crippen molar-refractivity contribution in [2.75, 3.05) is 37.5 Å². The van der Waals surface area contributed by atoms with Crippen LogP contribution in [-0.2, 0) is 6.54 Å². The molecule has 0 radical (unpaired) electrons. The molecule has 3 heteroatoms. The van der Waals surface area contributed by atoms with Gasteiger partial charge in [0.2, 0.25) is 0 Å². The second-order valence-electron chi connectivity index (χ2n) is 5.01. The highest BCUT2D eigenvalue weighted by Gasteiger charge is 2.15. The van der Waals surface area contributed by atoms with E-state index in [1.807, 2.05) is 0 Å². The van der Waals surface area contributed by atoms with Gasteiger partial charge in [0.05, 0.1) is 0 Å². The summed E-state index contributed by atoms with van der Waals surface area (Å²) in [6.07, 6.45) is 1.37. The van der Waals surface area contributed by atoms with Crippen LogP contribution in [0.1, 0.15) is 12.0 Å². The maximum atomic E-state index is 3.62. The Labute approximate surface area is 109 Å². The predicted octanol–water partition coefficient (Wildman–Crippen LogP) is 2.91. The number of para-hydroxylation sites is 1. The van der Waals surface area contributed by atoms with Crippen molar-refractivity contribution in [2.45, 2.75) is 13.0 Å². The molecular weight excluding hydrogens is 228 g/mol. The van der Waals surface area contributed by atoms with E-state index in [1.54, 1.807) is 0 Å². The molecule has 1 aromatic carbocycles. The quantitative estimate of drug-likeness (QED) is 0.865. The number of rotatable bonds is 5. The maximum Gasteiger partial charge on any atom is 0.0385 e. The van der Waals surface area contributed by atoms with Gasteiger partial charge in [0.1, 0.15) is 0 Å². The minimum atomic E-state index is 0.854. The molecule has 1 aliphatic heterocycles. The van der Waals surface area contributed by atoms with Crippen LogP contribution in [0.25, 0.3) is 0 Å². The van der Waals surface area contributed by atoms with Crippen molar-refractivity contribution in [2.24, 2.45) is 5.92 Å². The van der Waals surface area contributed by atoms with Crippen LogP contribution in [-0.4, -0.2) is 37.0 Å². The fourth-order valence-corrected chi connectivity index (χ4v) is 3.45. The number of hydrogen-bond acceptors (Lipinski definition) is 3. The highest BCUT2D eigenvalue weighted by molar-refractivity contribution is 7.99. The Morgan fingerprint density at radius 3 is 2.88 bits per heavy atom. The van der Waals surface area contributed by atoms with Gasteiger partial charge < -0.3 is 10.2 Å². The normalized spacial score (nSPS) is 19.8.